The molecule has 3 N–H and O–H groups in total. The maximum Gasteiger partial charge on any atom is 0.241 e. The molecule has 0 bridgehead atoms. The van der Waals surface area contributed by atoms with Crippen LogP contribution in [-0.4, -0.2) is 32.2 Å². The highest BCUT2D eigenvalue weighted by Gasteiger charge is 2.15. The van der Waals surface area contributed by atoms with E-state index in [0.29, 0.717) is 17.9 Å². The highest BCUT2D eigenvalue weighted by Crippen LogP contribution is 2.19. The van der Waals surface area contributed by atoms with Crippen molar-refractivity contribution >= 4 is 11.6 Å². The van der Waals surface area contributed by atoms with Crippen molar-refractivity contribution in [2.75, 3.05) is 5.32 Å². The number of rotatable bonds is 5. The molecule has 1 unspecified atom stereocenters. The quantitative estimate of drug-likeness (QED) is 0.862. The van der Waals surface area contributed by atoms with Gasteiger partial charge in [0.2, 0.25) is 5.91 Å². The smallest absolute Gasteiger partial charge is 0.241 e. The van der Waals surface area contributed by atoms with E-state index in [9.17, 15) is 9.18 Å². The number of halogens is 1. The fourth-order valence-corrected chi connectivity index (χ4v) is 1.88. The highest BCUT2D eigenvalue weighted by molar-refractivity contribution is 5.94. The van der Waals surface area contributed by atoms with Crippen LogP contribution in [-0.2, 0) is 4.79 Å². The monoisotopic (exact) mass is 292 g/mol. The Morgan fingerprint density at radius 1 is 1.52 bits per heavy atom. The predicted octanol–water partition coefficient (Wildman–Crippen LogP) is 1.18. The van der Waals surface area contributed by atoms with Crippen LogP contribution in [0.2, 0.25) is 0 Å². The van der Waals surface area contributed by atoms with Crippen LogP contribution in [0.25, 0.3) is 5.69 Å². The molecule has 0 fully saturated rings. The molecule has 0 saturated heterocycles. The zero-order chi connectivity index (χ0) is 15.4. The first-order valence-electron chi connectivity index (χ1n) is 6.64. The van der Waals surface area contributed by atoms with Gasteiger partial charge in [-0.3, -0.25) is 4.79 Å². The Balaban J connectivity index is 2.24. The normalized spacial score (nSPS) is 12.2. The van der Waals surface area contributed by atoms with Crippen LogP contribution in [0.1, 0.15) is 25.6 Å². The Kier molecular flexibility index (Phi) is 4.59. The van der Waals surface area contributed by atoms with Crippen LogP contribution < -0.4 is 11.1 Å². The van der Waals surface area contributed by atoms with Gasteiger partial charge in [0, 0.05) is 5.69 Å². The largest absolute Gasteiger partial charge is 0.325 e. The van der Waals surface area contributed by atoms with Gasteiger partial charge < -0.3 is 11.1 Å². The Morgan fingerprint density at radius 2 is 2.29 bits per heavy atom. The summed E-state index contributed by atoms with van der Waals surface area (Å²) in [6.45, 7) is 3.60. The molecule has 1 heterocycles. The molecule has 0 aliphatic carbocycles. The summed E-state index contributed by atoms with van der Waals surface area (Å²) >= 11 is 0. The summed E-state index contributed by atoms with van der Waals surface area (Å²) < 4.78 is 15.1. The summed E-state index contributed by atoms with van der Waals surface area (Å²) in [7, 11) is 0. The Morgan fingerprint density at radius 3 is 2.90 bits per heavy atom. The second-order valence-electron chi connectivity index (χ2n) is 4.69. The number of aromatic nitrogens is 4. The minimum absolute atomic E-state index is 0.166. The van der Waals surface area contributed by atoms with Crippen LogP contribution in [0.15, 0.2) is 18.2 Å². The van der Waals surface area contributed by atoms with Gasteiger partial charge in [0.15, 0.2) is 5.82 Å². The van der Waals surface area contributed by atoms with Gasteiger partial charge in [-0.05, 0) is 42.0 Å². The van der Waals surface area contributed by atoms with Gasteiger partial charge in [0.1, 0.15) is 11.5 Å². The Bertz CT molecular complexity index is 641. The van der Waals surface area contributed by atoms with Crippen molar-refractivity contribution in [2.24, 2.45) is 5.73 Å². The average Bonchev–Trinajstić information content (AvgIpc) is 2.87. The molecule has 2 rings (SSSR count). The third-order valence-electron chi connectivity index (χ3n) is 3.00. The van der Waals surface area contributed by atoms with E-state index in [1.54, 1.807) is 6.92 Å². The highest BCUT2D eigenvalue weighted by atomic mass is 19.1. The maximum absolute atomic E-state index is 13.9. The number of amides is 1. The van der Waals surface area contributed by atoms with E-state index in [4.69, 9.17) is 5.73 Å². The van der Waals surface area contributed by atoms with Crippen molar-refractivity contribution in [3.05, 3.63) is 29.8 Å². The maximum atomic E-state index is 13.9. The number of hydrogen-bond donors (Lipinski definition) is 2. The second-order valence-corrected chi connectivity index (χ2v) is 4.69. The first kappa shape index (κ1) is 15.0. The number of nitrogens with one attached hydrogen (secondary N) is 1. The van der Waals surface area contributed by atoms with Gasteiger partial charge in [0.05, 0.1) is 6.04 Å². The first-order chi connectivity index (χ1) is 10.0. The average molecular weight is 292 g/mol. The zero-order valence-electron chi connectivity index (χ0n) is 11.9. The van der Waals surface area contributed by atoms with Gasteiger partial charge in [-0.15, -0.1) is 5.10 Å². The van der Waals surface area contributed by atoms with Crippen LogP contribution in [0.4, 0.5) is 10.1 Å². The van der Waals surface area contributed by atoms with E-state index in [1.807, 2.05) is 6.92 Å². The molecule has 0 radical (unpaired) electrons. The lowest BCUT2D eigenvalue weighted by molar-refractivity contribution is -0.117. The van der Waals surface area contributed by atoms with Crippen molar-refractivity contribution in [3.8, 4) is 5.69 Å². The summed E-state index contributed by atoms with van der Waals surface area (Å²) in [5, 5.41) is 13.5. The van der Waals surface area contributed by atoms with Crippen molar-refractivity contribution in [3.63, 3.8) is 0 Å². The molecule has 0 aliphatic heterocycles. The van der Waals surface area contributed by atoms with Gasteiger partial charge in [-0.1, -0.05) is 13.3 Å². The molecule has 1 amide bonds. The molecule has 7 nitrogen and oxygen atoms in total. The van der Waals surface area contributed by atoms with Gasteiger partial charge in [-0.25, -0.2) is 4.39 Å². The summed E-state index contributed by atoms with van der Waals surface area (Å²) in [6.07, 6.45) is 1.40. The molecule has 8 heteroatoms. The van der Waals surface area contributed by atoms with Crippen molar-refractivity contribution in [1.29, 1.82) is 0 Å². The number of carbonyl (C=O) groups is 1. The third kappa shape index (κ3) is 3.40. The lowest BCUT2D eigenvalue weighted by Crippen LogP contribution is -2.35. The number of nitrogens with two attached hydrogens (primary N) is 1. The van der Waals surface area contributed by atoms with Crippen LogP contribution in [0.5, 0.6) is 0 Å². The number of carbonyl (C=O) groups excluding carboxylic acids is 1. The van der Waals surface area contributed by atoms with E-state index in [-0.39, 0.29) is 11.6 Å². The first-order valence-corrected chi connectivity index (χ1v) is 6.64. The van der Waals surface area contributed by atoms with E-state index in [2.05, 4.69) is 20.8 Å². The molecule has 1 aromatic carbocycles. The van der Waals surface area contributed by atoms with E-state index < -0.39 is 11.9 Å². The summed E-state index contributed by atoms with van der Waals surface area (Å²) in [4.78, 5) is 11.9. The van der Waals surface area contributed by atoms with Crippen molar-refractivity contribution < 1.29 is 9.18 Å². The number of nitrogens with zero attached hydrogens (tertiary/aromatic N) is 4. The second kappa shape index (κ2) is 6.40. The fraction of sp³-hybridized carbons (Fsp3) is 0.385. The topological polar surface area (TPSA) is 98.7 Å². The predicted molar refractivity (Wildman–Crippen MR) is 75.4 cm³/mol. The van der Waals surface area contributed by atoms with Gasteiger partial charge in [0.25, 0.3) is 0 Å². The minimum atomic E-state index is -0.585. The molecule has 0 aliphatic rings. The van der Waals surface area contributed by atoms with Crippen molar-refractivity contribution in [2.45, 2.75) is 32.7 Å². The molecule has 0 saturated carbocycles. The lowest BCUT2D eigenvalue weighted by Gasteiger charge is -2.12. The van der Waals surface area contributed by atoms with Crippen LogP contribution in [0, 0.1) is 12.7 Å². The number of hydrogen-bond acceptors (Lipinski definition) is 5. The molecule has 21 heavy (non-hydrogen) atoms. The molecule has 112 valence electrons. The summed E-state index contributed by atoms with van der Waals surface area (Å²) in [5.74, 6) is -0.343. The third-order valence-corrected chi connectivity index (χ3v) is 3.00. The van der Waals surface area contributed by atoms with E-state index >= 15 is 0 Å². The van der Waals surface area contributed by atoms with E-state index in [1.165, 1.54) is 22.9 Å². The SMILES string of the molecule is CCCC(N)C(=O)Nc1ccc(F)c(-n2nnnc2C)c1. The van der Waals surface area contributed by atoms with Gasteiger partial charge >= 0.3 is 0 Å². The molecule has 2 aromatic rings. The molecular formula is C13H17FN6O. The van der Waals surface area contributed by atoms with Crippen molar-refractivity contribution in [1.82, 2.24) is 20.2 Å². The summed E-state index contributed by atoms with van der Waals surface area (Å²) in [6, 6.07) is 3.60. The number of tetrazole rings is 1. The van der Waals surface area contributed by atoms with E-state index in [0.717, 1.165) is 6.42 Å². The lowest BCUT2D eigenvalue weighted by atomic mass is 10.1. The Hall–Kier alpha value is -2.35. The zero-order valence-corrected chi connectivity index (χ0v) is 11.9. The Labute approximate surface area is 121 Å². The molecule has 1 atom stereocenters. The van der Waals surface area contributed by atoms with Crippen LogP contribution in [0.3, 0.4) is 0 Å². The summed E-state index contributed by atoms with van der Waals surface area (Å²) in [5.41, 5.74) is 6.35. The van der Waals surface area contributed by atoms with Crippen LogP contribution >= 0.6 is 0 Å². The number of benzene rings is 1. The number of aryl methyl sites for hydroxylation is 1. The molecule has 0 spiro atoms. The molecular weight excluding hydrogens is 275 g/mol. The fourth-order valence-electron chi connectivity index (χ4n) is 1.88. The standard InChI is InChI=1S/C13H17FN6O/c1-3-4-11(15)13(21)16-9-5-6-10(14)12(7-9)20-8(2)17-18-19-20/h5-7,11H,3-4,15H2,1-2H3,(H,16,21). The molecule has 1 aromatic heterocycles. The minimum Gasteiger partial charge on any atom is -0.325 e. The van der Waals surface area contributed by atoms with Gasteiger partial charge in [-0.2, -0.15) is 4.68 Å². The number of anilines is 1.